The first-order valence-electron chi connectivity index (χ1n) is 10.7. The molecule has 2 aromatic rings. The van der Waals surface area contributed by atoms with Crippen LogP contribution in [-0.2, 0) is 19.5 Å². The zero-order valence-electron chi connectivity index (χ0n) is 17.5. The van der Waals surface area contributed by atoms with Crippen LogP contribution in [0.1, 0.15) is 55.7 Å². The molecule has 6 nitrogen and oxygen atoms in total. The van der Waals surface area contributed by atoms with Crippen LogP contribution >= 0.6 is 24.0 Å². The number of rotatable bonds is 4. The van der Waals surface area contributed by atoms with Crippen LogP contribution in [0.25, 0.3) is 0 Å². The molecule has 1 fully saturated rings. The molecule has 2 aliphatic heterocycles. The first-order chi connectivity index (χ1) is 13.8. The number of hydrogen-bond donors (Lipinski definition) is 1. The molecule has 0 saturated carbocycles. The molecule has 2 aliphatic rings. The summed E-state index contributed by atoms with van der Waals surface area (Å²) in [6.45, 7) is 6.12. The maximum atomic E-state index is 4.56. The Hall–Kier alpha value is -1.64. The van der Waals surface area contributed by atoms with Crippen LogP contribution in [0.15, 0.2) is 35.3 Å². The van der Waals surface area contributed by atoms with Crippen LogP contribution in [0, 0.1) is 5.92 Å². The molecule has 2 unspecified atom stereocenters. The second kappa shape index (κ2) is 10.4. The van der Waals surface area contributed by atoms with E-state index >= 15 is 0 Å². The summed E-state index contributed by atoms with van der Waals surface area (Å²) >= 11 is 0. The summed E-state index contributed by atoms with van der Waals surface area (Å²) in [5.74, 6) is 4.44. The number of guanidine groups is 1. The first-order valence-corrected chi connectivity index (χ1v) is 10.7. The number of likely N-dealkylation sites (tertiary alicyclic amines) is 1. The van der Waals surface area contributed by atoms with Gasteiger partial charge in [-0.1, -0.05) is 43.7 Å². The van der Waals surface area contributed by atoms with E-state index in [-0.39, 0.29) is 24.0 Å². The normalized spacial score (nSPS) is 22.0. The Labute approximate surface area is 191 Å². The van der Waals surface area contributed by atoms with E-state index in [2.05, 4.69) is 67.2 Å². The average Bonchev–Trinajstić information content (AvgIpc) is 3.18. The lowest BCUT2D eigenvalue weighted by Gasteiger charge is -2.40. The SMILES string of the molecule is CCC1CN(C(=NC)NCc2nnc3n2CCCC3)CCC1c1ccccc1.I. The van der Waals surface area contributed by atoms with Crippen LogP contribution < -0.4 is 5.32 Å². The largest absolute Gasteiger partial charge is 0.349 e. The van der Waals surface area contributed by atoms with Crippen molar-refractivity contribution in [2.24, 2.45) is 10.9 Å². The van der Waals surface area contributed by atoms with Gasteiger partial charge < -0.3 is 14.8 Å². The number of nitrogens with zero attached hydrogens (tertiary/aromatic N) is 5. The topological polar surface area (TPSA) is 58.3 Å². The smallest absolute Gasteiger partial charge is 0.194 e. The van der Waals surface area contributed by atoms with Crippen molar-refractivity contribution < 1.29 is 0 Å². The average molecular weight is 508 g/mol. The minimum absolute atomic E-state index is 0. The molecule has 29 heavy (non-hydrogen) atoms. The lowest BCUT2D eigenvalue weighted by molar-refractivity contribution is 0.215. The molecule has 0 spiro atoms. The molecular weight excluding hydrogens is 475 g/mol. The van der Waals surface area contributed by atoms with Crippen LogP contribution in [0.5, 0.6) is 0 Å². The third-order valence-corrected chi connectivity index (χ3v) is 6.34. The van der Waals surface area contributed by atoms with Gasteiger partial charge >= 0.3 is 0 Å². The fraction of sp³-hybridized carbons (Fsp3) is 0.591. The zero-order chi connectivity index (χ0) is 19.3. The van der Waals surface area contributed by atoms with Gasteiger partial charge in [-0.15, -0.1) is 34.2 Å². The number of nitrogens with one attached hydrogen (secondary N) is 1. The second-order valence-electron chi connectivity index (χ2n) is 7.96. The quantitative estimate of drug-likeness (QED) is 0.388. The molecular formula is C22H33IN6. The summed E-state index contributed by atoms with van der Waals surface area (Å²) in [7, 11) is 1.88. The summed E-state index contributed by atoms with van der Waals surface area (Å²) in [6.07, 6.45) is 5.85. The highest BCUT2D eigenvalue weighted by Gasteiger charge is 2.30. The van der Waals surface area contributed by atoms with E-state index in [4.69, 9.17) is 0 Å². The standard InChI is InChI=1S/C22H32N6.HI/c1-3-17-16-27(14-12-19(17)18-9-5-4-6-10-18)22(23-2)24-15-21-26-25-20-11-7-8-13-28(20)21;/h4-6,9-10,17,19H,3,7-8,11-16H2,1-2H3,(H,23,24);1H. The maximum absolute atomic E-state index is 4.56. The van der Waals surface area contributed by atoms with Crippen molar-refractivity contribution in [3.8, 4) is 0 Å². The fourth-order valence-corrected chi connectivity index (χ4v) is 4.77. The van der Waals surface area contributed by atoms with E-state index in [9.17, 15) is 0 Å². The Morgan fingerprint density at radius 2 is 2.00 bits per heavy atom. The third kappa shape index (κ3) is 4.92. The van der Waals surface area contributed by atoms with Gasteiger partial charge in [0.1, 0.15) is 5.82 Å². The number of hydrogen-bond acceptors (Lipinski definition) is 3. The van der Waals surface area contributed by atoms with Gasteiger partial charge in [0.05, 0.1) is 6.54 Å². The van der Waals surface area contributed by atoms with E-state index in [1.807, 2.05) is 7.05 Å². The Morgan fingerprint density at radius 1 is 1.17 bits per heavy atom. The highest BCUT2D eigenvalue weighted by molar-refractivity contribution is 14.0. The van der Waals surface area contributed by atoms with E-state index in [0.717, 1.165) is 43.7 Å². The highest BCUT2D eigenvalue weighted by Crippen LogP contribution is 2.34. The lowest BCUT2D eigenvalue weighted by Crippen LogP contribution is -2.48. The Morgan fingerprint density at radius 3 is 2.76 bits per heavy atom. The monoisotopic (exact) mass is 508 g/mol. The summed E-state index contributed by atoms with van der Waals surface area (Å²) in [4.78, 5) is 6.98. The molecule has 1 N–H and O–H groups in total. The molecule has 1 aromatic carbocycles. The number of halogens is 1. The molecule has 2 atom stereocenters. The Balaban J connectivity index is 0.00000240. The summed E-state index contributed by atoms with van der Waals surface area (Å²) < 4.78 is 2.28. The summed E-state index contributed by atoms with van der Waals surface area (Å²) in [6, 6.07) is 11.0. The van der Waals surface area contributed by atoms with Gasteiger partial charge in [0, 0.05) is 33.1 Å². The highest BCUT2D eigenvalue weighted by atomic mass is 127. The van der Waals surface area contributed by atoms with E-state index in [1.54, 1.807) is 0 Å². The molecule has 7 heteroatoms. The number of benzene rings is 1. The molecule has 0 radical (unpaired) electrons. The molecule has 3 heterocycles. The Bertz CT molecular complexity index is 803. The molecule has 0 amide bonds. The predicted octanol–water partition coefficient (Wildman–Crippen LogP) is 3.82. The van der Waals surface area contributed by atoms with E-state index < -0.39 is 0 Å². The van der Waals surface area contributed by atoms with Crippen molar-refractivity contribution in [3.05, 3.63) is 47.5 Å². The summed E-state index contributed by atoms with van der Waals surface area (Å²) in [5.41, 5.74) is 1.48. The van der Waals surface area contributed by atoms with Crippen molar-refractivity contribution in [1.29, 1.82) is 0 Å². The van der Waals surface area contributed by atoms with Crippen molar-refractivity contribution in [1.82, 2.24) is 25.0 Å². The fourth-order valence-electron chi connectivity index (χ4n) is 4.77. The van der Waals surface area contributed by atoms with Gasteiger partial charge in [0.15, 0.2) is 11.8 Å². The van der Waals surface area contributed by atoms with Gasteiger partial charge in [0.25, 0.3) is 0 Å². The minimum atomic E-state index is 0. The zero-order valence-corrected chi connectivity index (χ0v) is 19.9. The van der Waals surface area contributed by atoms with Gasteiger partial charge in [-0.3, -0.25) is 4.99 Å². The van der Waals surface area contributed by atoms with Crippen LogP contribution in [0.3, 0.4) is 0 Å². The predicted molar refractivity (Wildman–Crippen MR) is 128 cm³/mol. The maximum Gasteiger partial charge on any atom is 0.194 e. The second-order valence-corrected chi connectivity index (χ2v) is 7.96. The molecule has 1 saturated heterocycles. The van der Waals surface area contributed by atoms with E-state index in [1.165, 1.54) is 31.2 Å². The molecule has 4 rings (SSSR count). The van der Waals surface area contributed by atoms with E-state index in [0.29, 0.717) is 18.4 Å². The van der Waals surface area contributed by atoms with Crippen LogP contribution in [0.2, 0.25) is 0 Å². The number of aryl methyl sites for hydroxylation is 1. The van der Waals surface area contributed by atoms with Gasteiger partial charge in [-0.05, 0) is 36.7 Å². The number of aliphatic imine (C=N–C) groups is 1. The number of aromatic nitrogens is 3. The number of fused-ring (bicyclic) bond motifs is 1. The molecule has 0 bridgehead atoms. The molecule has 158 valence electrons. The van der Waals surface area contributed by atoms with Crippen molar-refractivity contribution in [3.63, 3.8) is 0 Å². The van der Waals surface area contributed by atoms with Crippen molar-refractivity contribution >= 4 is 29.9 Å². The Kier molecular flexibility index (Phi) is 7.91. The van der Waals surface area contributed by atoms with Crippen LogP contribution in [0.4, 0.5) is 0 Å². The van der Waals surface area contributed by atoms with Gasteiger partial charge in [-0.25, -0.2) is 0 Å². The van der Waals surface area contributed by atoms with Crippen molar-refractivity contribution in [2.75, 3.05) is 20.1 Å². The molecule has 1 aromatic heterocycles. The van der Waals surface area contributed by atoms with Gasteiger partial charge in [-0.2, -0.15) is 0 Å². The van der Waals surface area contributed by atoms with Crippen LogP contribution in [-0.4, -0.2) is 45.8 Å². The van der Waals surface area contributed by atoms with Gasteiger partial charge in [0.2, 0.25) is 0 Å². The first kappa shape index (κ1) is 22.1. The summed E-state index contributed by atoms with van der Waals surface area (Å²) in [5, 5.41) is 12.3. The minimum Gasteiger partial charge on any atom is -0.349 e. The molecule has 0 aliphatic carbocycles. The van der Waals surface area contributed by atoms with Crippen molar-refractivity contribution in [2.45, 2.75) is 58.0 Å². The third-order valence-electron chi connectivity index (χ3n) is 6.34. The lowest BCUT2D eigenvalue weighted by atomic mass is 9.79. The number of piperidine rings is 1.